The minimum Gasteiger partial charge on any atom is -0.504 e. The molecule has 0 saturated carbocycles. The van der Waals surface area contributed by atoms with Crippen LogP contribution in [0.3, 0.4) is 0 Å². The number of hydrogen-bond acceptors (Lipinski definition) is 8. The summed E-state index contributed by atoms with van der Waals surface area (Å²) in [7, 11) is 0. The van der Waals surface area contributed by atoms with Crippen LogP contribution in [0.1, 0.15) is 65.9 Å². The molecule has 0 aliphatic carbocycles. The van der Waals surface area contributed by atoms with E-state index in [1.807, 2.05) is 0 Å². The lowest BCUT2D eigenvalue weighted by molar-refractivity contribution is 0.0496. The van der Waals surface area contributed by atoms with Crippen LogP contribution in [0, 0.1) is 0 Å². The molecule has 0 aliphatic rings. The molecule has 0 amide bonds. The number of ketones is 2. The van der Waals surface area contributed by atoms with Gasteiger partial charge in [0.05, 0.1) is 28.9 Å². The molecule has 4 aromatic rings. The zero-order chi connectivity index (χ0) is 28.8. The van der Waals surface area contributed by atoms with Crippen LogP contribution in [0.25, 0.3) is 0 Å². The molecule has 0 bridgehead atoms. The molecule has 0 fully saturated rings. The van der Waals surface area contributed by atoms with Crippen LogP contribution in [-0.2, 0) is 4.74 Å². The van der Waals surface area contributed by atoms with Gasteiger partial charge in [-0.3, -0.25) is 9.59 Å². The number of hydrogen-bond donors (Lipinski definition) is 2. The Balaban J connectivity index is 2.04. The Labute approximate surface area is 237 Å². The number of halogens is 1. The van der Waals surface area contributed by atoms with Crippen molar-refractivity contribution in [1.29, 1.82) is 0 Å². The zero-order valence-electron chi connectivity index (χ0n) is 21.2. The summed E-state index contributed by atoms with van der Waals surface area (Å²) in [5.74, 6) is -6.69. The smallest absolute Gasteiger partial charge is 0.343 e. The lowest BCUT2D eigenvalue weighted by Crippen LogP contribution is -2.21. The van der Waals surface area contributed by atoms with Crippen molar-refractivity contribution in [2.24, 2.45) is 0 Å². The molecule has 8 nitrogen and oxygen atoms in total. The van der Waals surface area contributed by atoms with Gasteiger partial charge in [0.15, 0.2) is 23.1 Å². The van der Waals surface area contributed by atoms with E-state index in [1.165, 1.54) is 36.4 Å². The highest BCUT2D eigenvalue weighted by Crippen LogP contribution is 2.46. The molecule has 4 rings (SSSR count). The molecule has 0 radical (unpaired) electrons. The maximum absolute atomic E-state index is 14.0. The first-order valence-electron chi connectivity index (χ1n) is 12.2. The molecule has 0 aliphatic heterocycles. The average molecular weight is 603 g/mol. The highest BCUT2D eigenvalue weighted by Gasteiger charge is 2.37. The van der Waals surface area contributed by atoms with Gasteiger partial charge in [-0.05, 0) is 42.8 Å². The molecule has 202 valence electrons. The van der Waals surface area contributed by atoms with Crippen molar-refractivity contribution in [3.05, 3.63) is 123 Å². The van der Waals surface area contributed by atoms with Crippen LogP contribution in [0.5, 0.6) is 17.2 Å². The van der Waals surface area contributed by atoms with Gasteiger partial charge in [0.1, 0.15) is 0 Å². The Morgan fingerprint density at radius 1 is 0.650 bits per heavy atom. The van der Waals surface area contributed by atoms with Crippen LogP contribution in [0.15, 0.2) is 89.4 Å². The quantitative estimate of drug-likeness (QED) is 0.102. The maximum atomic E-state index is 14.0. The van der Waals surface area contributed by atoms with Crippen molar-refractivity contribution in [2.45, 2.75) is 13.3 Å². The summed E-state index contributed by atoms with van der Waals surface area (Å²) in [4.78, 5) is 54.1. The largest absolute Gasteiger partial charge is 0.504 e. The van der Waals surface area contributed by atoms with Crippen LogP contribution in [0.2, 0.25) is 0 Å². The highest BCUT2D eigenvalue weighted by atomic mass is 79.9. The number of aromatic hydroxyl groups is 2. The first-order valence-corrected chi connectivity index (χ1v) is 13.0. The van der Waals surface area contributed by atoms with Gasteiger partial charge < -0.3 is 19.7 Å². The first kappa shape index (κ1) is 28.3. The van der Waals surface area contributed by atoms with Gasteiger partial charge in [-0.15, -0.1) is 0 Å². The second-order valence-corrected chi connectivity index (χ2v) is 9.49. The lowest BCUT2D eigenvalue weighted by atomic mass is 9.88. The molecule has 0 saturated heterocycles. The third-order valence-electron chi connectivity index (χ3n) is 5.85. The SMILES string of the molecule is CCCOC(=O)c1c(C(=O)c2ccccc2)c(O)c(O)c(OC(=O)c2ccccc2)c1C(=O)c1ccc(Br)cc1. The number of ether oxygens (including phenoxy) is 2. The molecule has 0 atom stereocenters. The number of phenols is 2. The number of phenolic OH excluding ortho intramolecular Hbond substituents is 2. The molecule has 0 spiro atoms. The molecular weight excluding hydrogens is 580 g/mol. The Bertz CT molecular complexity index is 1580. The number of esters is 2. The van der Waals surface area contributed by atoms with E-state index in [1.54, 1.807) is 55.5 Å². The van der Waals surface area contributed by atoms with E-state index >= 15 is 0 Å². The van der Waals surface area contributed by atoms with E-state index in [2.05, 4.69) is 15.9 Å². The Kier molecular flexibility index (Phi) is 8.76. The Morgan fingerprint density at radius 3 is 1.75 bits per heavy atom. The summed E-state index contributed by atoms with van der Waals surface area (Å²) in [6, 6.07) is 21.5. The van der Waals surface area contributed by atoms with Crippen molar-refractivity contribution >= 4 is 39.4 Å². The van der Waals surface area contributed by atoms with E-state index in [4.69, 9.17) is 9.47 Å². The summed E-state index contributed by atoms with van der Waals surface area (Å²) in [6.07, 6.45) is 0.420. The van der Waals surface area contributed by atoms with Crippen molar-refractivity contribution in [3.63, 3.8) is 0 Å². The summed E-state index contributed by atoms with van der Waals surface area (Å²) in [5.41, 5.74) is -1.72. The number of carbonyl (C=O) groups excluding carboxylic acids is 4. The van der Waals surface area contributed by atoms with Crippen molar-refractivity contribution in [3.8, 4) is 17.2 Å². The van der Waals surface area contributed by atoms with Gasteiger partial charge in [0.2, 0.25) is 5.75 Å². The fraction of sp³-hybridized carbons (Fsp3) is 0.0968. The number of benzene rings is 4. The molecule has 2 N–H and O–H groups in total. The van der Waals surface area contributed by atoms with Gasteiger partial charge in [-0.2, -0.15) is 0 Å². The normalized spacial score (nSPS) is 10.6. The minimum atomic E-state index is -1.12. The van der Waals surface area contributed by atoms with Gasteiger partial charge in [-0.25, -0.2) is 9.59 Å². The van der Waals surface area contributed by atoms with E-state index in [-0.39, 0.29) is 23.3 Å². The second-order valence-electron chi connectivity index (χ2n) is 8.57. The van der Waals surface area contributed by atoms with Crippen molar-refractivity contribution in [1.82, 2.24) is 0 Å². The van der Waals surface area contributed by atoms with E-state index in [0.717, 1.165) is 0 Å². The van der Waals surface area contributed by atoms with E-state index in [9.17, 15) is 29.4 Å². The Morgan fingerprint density at radius 2 is 1.18 bits per heavy atom. The summed E-state index contributed by atoms with van der Waals surface area (Å²) >= 11 is 3.30. The monoisotopic (exact) mass is 602 g/mol. The van der Waals surface area contributed by atoms with Crippen LogP contribution in [0.4, 0.5) is 0 Å². The Hall–Kier alpha value is -4.76. The van der Waals surface area contributed by atoms with E-state index in [0.29, 0.717) is 10.9 Å². The lowest BCUT2D eigenvalue weighted by Gasteiger charge is -2.20. The number of carbonyl (C=O) groups is 4. The molecule has 0 unspecified atom stereocenters. The highest BCUT2D eigenvalue weighted by molar-refractivity contribution is 9.10. The average Bonchev–Trinajstić information content (AvgIpc) is 2.98. The van der Waals surface area contributed by atoms with Crippen molar-refractivity contribution in [2.75, 3.05) is 6.61 Å². The molecule has 0 aromatic heterocycles. The molecule has 4 aromatic carbocycles. The summed E-state index contributed by atoms with van der Waals surface area (Å²) in [6.45, 7) is 1.68. The maximum Gasteiger partial charge on any atom is 0.343 e. The van der Waals surface area contributed by atoms with Gasteiger partial charge in [-0.1, -0.05) is 71.4 Å². The number of rotatable bonds is 9. The fourth-order valence-corrected chi connectivity index (χ4v) is 4.18. The minimum absolute atomic E-state index is 0.0490. The predicted molar refractivity (Wildman–Crippen MR) is 149 cm³/mol. The predicted octanol–water partition coefficient (Wildman–Crippen LogP) is 6.11. The van der Waals surface area contributed by atoms with E-state index < -0.39 is 57.4 Å². The molecule has 9 heteroatoms. The van der Waals surface area contributed by atoms with Gasteiger partial charge >= 0.3 is 11.9 Å². The van der Waals surface area contributed by atoms with Crippen LogP contribution >= 0.6 is 15.9 Å². The molecule has 0 heterocycles. The standard InChI is InChI=1S/C31H23BrO8/c1-2-17-39-31(38)22-23(25(33)18-9-5-3-6-10-18)27(35)28(36)29(40-30(37)20-11-7-4-8-12-20)24(22)26(34)19-13-15-21(32)16-14-19/h3-16,35-36H,2,17H2,1H3. The molecular formula is C31H23BrO8. The third kappa shape index (κ3) is 5.79. The first-order chi connectivity index (χ1) is 19.2. The summed E-state index contributed by atoms with van der Waals surface area (Å²) in [5, 5.41) is 22.2. The van der Waals surface area contributed by atoms with Crippen LogP contribution < -0.4 is 4.74 Å². The summed E-state index contributed by atoms with van der Waals surface area (Å²) < 4.78 is 11.4. The fourth-order valence-electron chi connectivity index (χ4n) is 3.91. The van der Waals surface area contributed by atoms with Gasteiger partial charge in [0, 0.05) is 15.6 Å². The third-order valence-corrected chi connectivity index (χ3v) is 6.37. The molecule has 40 heavy (non-hydrogen) atoms. The zero-order valence-corrected chi connectivity index (χ0v) is 22.8. The van der Waals surface area contributed by atoms with Crippen molar-refractivity contribution < 1.29 is 38.9 Å². The van der Waals surface area contributed by atoms with Crippen LogP contribution in [-0.4, -0.2) is 40.3 Å². The van der Waals surface area contributed by atoms with Gasteiger partial charge in [0.25, 0.3) is 0 Å². The topological polar surface area (TPSA) is 127 Å². The second kappa shape index (κ2) is 12.4.